The molecule has 1 aliphatic rings. The van der Waals surface area contributed by atoms with Gasteiger partial charge in [-0.15, -0.1) is 0 Å². The highest BCUT2D eigenvalue weighted by molar-refractivity contribution is 6.01. The Balaban J connectivity index is 2.08. The number of hydrogen-bond acceptors (Lipinski definition) is 2. The van der Waals surface area contributed by atoms with E-state index in [1.165, 1.54) is 0 Å². The number of nitrogens with two attached hydrogens (primary N) is 1. The van der Waals surface area contributed by atoms with Crippen molar-refractivity contribution in [3.8, 4) is 0 Å². The summed E-state index contributed by atoms with van der Waals surface area (Å²) in [5, 5.41) is 2.19. The number of halogens is 6. The number of alkyl halides is 5. The molecule has 1 atom stereocenters. The molecule has 1 heterocycles. The lowest BCUT2D eigenvalue weighted by molar-refractivity contribution is -0.137. The van der Waals surface area contributed by atoms with Gasteiger partial charge < -0.3 is 16.0 Å². The molecule has 3 amide bonds. The van der Waals surface area contributed by atoms with Crippen LogP contribution in [0.3, 0.4) is 0 Å². The van der Waals surface area contributed by atoms with Gasteiger partial charge in [0.1, 0.15) is 11.9 Å². The zero-order chi connectivity index (χ0) is 22.2. The number of benzene rings is 2. The summed E-state index contributed by atoms with van der Waals surface area (Å²) in [5.41, 5.74) is 3.30. The van der Waals surface area contributed by atoms with Crippen molar-refractivity contribution >= 4 is 17.6 Å². The van der Waals surface area contributed by atoms with Crippen molar-refractivity contribution in [3.63, 3.8) is 0 Å². The van der Waals surface area contributed by atoms with E-state index in [-0.39, 0.29) is 23.2 Å². The van der Waals surface area contributed by atoms with Crippen LogP contribution in [0.4, 0.5) is 36.8 Å². The maximum atomic E-state index is 14.2. The van der Waals surface area contributed by atoms with Crippen LogP contribution in [-0.4, -0.2) is 18.0 Å². The predicted octanol–water partition coefficient (Wildman–Crippen LogP) is 3.91. The van der Waals surface area contributed by atoms with E-state index in [0.29, 0.717) is 0 Å². The van der Waals surface area contributed by atoms with Gasteiger partial charge >= 0.3 is 12.2 Å². The monoisotopic (exact) mass is 431 g/mol. The molecule has 0 saturated carbocycles. The molecule has 160 valence electrons. The average molecular weight is 431 g/mol. The van der Waals surface area contributed by atoms with Gasteiger partial charge in [-0.25, -0.2) is 18.0 Å². The maximum Gasteiger partial charge on any atom is 0.416 e. The number of nitrogens with zero attached hydrogens (tertiary/aromatic N) is 1. The largest absolute Gasteiger partial charge is 0.416 e. The Morgan fingerprint density at radius 1 is 1.20 bits per heavy atom. The van der Waals surface area contributed by atoms with E-state index in [1.54, 1.807) is 0 Å². The molecule has 3 N–H and O–H groups in total. The lowest BCUT2D eigenvalue weighted by Crippen LogP contribution is -2.54. The topological polar surface area (TPSA) is 75.4 Å². The quantitative estimate of drug-likeness (QED) is 0.721. The van der Waals surface area contributed by atoms with Crippen LogP contribution in [0.25, 0.3) is 0 Å². The zero-order valence-corrected chi connectivity index (χ0v) is 15.1. The van der Waals surface area contributed by atoms with Crippen molar-refractivity contribution in [2.75, 3.05) is 4.90 Å². The molecule has 5 nitrogen and oxygen atoms in total. The van der Waals surface area contributed by atoms with E-state index in [1.807, 2.05) is 0 Å². The fraction of sp³-hybridized carbons (Fsp3) is 0.263. The Hall–Kier alpha value is -3.24. The van der Waals surface area contributed by atoms with Gasteiger partial charge in [-0.3, -0.25) is 4.79 Å². The first-order valence-corrected chi connectivity index (χ1v) is 8.61. The molecule has 0 aliphatic carbocycles. The van der Waals surface area contributed by atoms with Gasteiger partial charge in [-0.1, -0.05) is 12.1 Å². The lowest BCUT2D eigenvalue weighted by atomic mass is 9.94. The van der Waals surface area contributed by atoms with Crippen LogP contribution in [0.5, 0.6) is 0 Å². The minimum absolute atomic E-state index is 0.134. The number of primary amides is 1. The summed E-state index contributed by atoms with van der Waals surface area (Å²) in [6, 6.07) is 2.94. The molecule has 2 aromatic carbocycles. The Morgan fingerprint density at radius 2 is 1.90 bits per heavy atom. The van der Waals surface area contributed by atoms with Crippen LogP contribution in [-0.2, 0) is 23.9 Å². The first kappa shape index (κ1) is 21.5. The van der Waals surface area contributed by atoms with Crippen LogP contribution >= 0.6 is 0 Å². The molecule has 0 radical (unpaired) electrons. The Morgan fingerprint density at radius 3 is 2.50 bits per heavy atom. The van der Waals surface area contributed by atoms with Crippen LogP contribution in [0.15, 0.2) is 36.4 Å². The summed E-state index contributed by atoms with van der Waals surface area (Å²) in [6.45, 7) is -0.615. The minimum Gasteiger partial charge on any atom is -0.352 e. The van der Waals surface area contributed by atoms with Gasteiger partial charge in [0.2, 0.25) is 5.91 Å². The molecule has 0 unspecified atom stereocenters. The average Bonchev–Trinajstić information content (AvgIpc) is 2.64. The molecule has 30 heavy (non-hydrogen) atoms. The Bertz CT molecular complexity index is 993. The van der Waals surface area contributed by atoms with E-state index in [4.69, 9.17) is 5.73 Å². The van der Waals surface area contributed by atoms with Gasteiger partial charge in [0.05, 0.1) is 12.1 Å². The molecular weight excluding hydrogens is 416 g/mol. The molecule has 3 rings (SSSR count). The summed E-state index contributed by atoms with van der Waals surface area (Å²) in [6.07, 6.45) is -7.74. The van der Waals surface area contributed by atoms with E-state index < -0.39 is 54.1 Å². The third-order valence-corrected chi connectivity index (χ3v) is 4.66. The van der Waals surface area contributed by atoms with E-state index in [9.17, 15) is 35.9 Å². The summed E-state index contributed by atoms with van der Waals surface area (Å²) in [4.78, 5) is 24.8. The summed E-state index contributed by atoms with van der Waals surface area (Å²) in [5.74, 6) is -1.76. The number of carbonyl (C=O) groups excluding carboxylic acids is 2. The molecule has 0 saturated heterocycles. The number of rotatable bonds is 4. The van der Waals surface area contributed by atoms with Crippen molar-refractivity contribution in [3.05, 3.63) is 64.5 Å². The van der Waals surface area contributed by atoms with Crippen molar-refractivity contribution < 1.29 is 35.9 Å². The molecule has 0 bridgehead atoms. The molecular formula is C19H15F6N3O2. The van der Waals surface area contributed by atoms with E-state index in [2.05, 4.69) is 5.32 Å². The van der Waals surface area contributed by atoms with Gasteiger partial charge in [0.25, 0.3) is 6.43 Å². The second-order valence-electron chi connectivity index (χ2n) is 6.68. The smallest absolute Gasteiger partial charge is 0.352 e. The van der Waals surface area contributed by atoms with Gasteiger partial charge in [-0.2, -0.15) is 13.2 Å². The molecule has 0 spiro atoms. The third kappa shape index (κ3) is 4.34. The Labute approximate surface area is 166 Å². The number of hydrogen-bond donors (Lipinski definition) is 2. The fourth-order valence-corrected chi connectivity index (χ4v) is 3.25. The first-order chi connectivity index (χ1) is 14.0. The Kier molecular flexibility index (Phi) is 5.64. The van der Waals surface area contributed by atoms with Gasteiger partial charge in [-0.05, 0) is 29.8 Å². The number of amides is 3. The second-order valence-corrected chi connectivity index (χ2v) is 6.68. The minimum atomic E-state index is -4.70. The van der Waals surface area contributed by atoms with E-state index in [0.717, 1.165) is 41.3 Å². The highest BCUT2D eigenvalue weighted by Gasteiger charge is 2.37. The zero-order valence-electron chi connectivity index (χ0n) is 15.1. The van der Waals surface area contributed by atoms with Gasteiger partial charge in [0, 0.05) is 23.2 Å². The van der Waals surface area contributed by atoms with Crippen molar-refractivity contribution in [1.82, 2.24) is 5.32 Å². The van der Waals surface area contributed by atoms with Crippen LogP contribution in [0, 0.1) is 5.82 Å². The second kappa shape index (κ2) is 7.88. The summed E-state index contributed by atoms with van der Waals surface area (Å²) < 4.78 is 79.6. The summed E-state index contributed by atoms with van der Waals surface area (Å²) in [7, 11) is 0. The van der Waals surface area contributed by atoms with Crippen molar-refractivity contribution in [2.24, 2.45) is 5.73 Å². The van der Waals surface area contributed by atoms with Crippen LogP contribution in [0.1, 0.15) is 28.7 Å². The third-order valence-electron chi connectivity index (χ3n) is 4.66. The normalized spacial score (nSPS) is 16.6. The first-order valence-electron chi connectivity index (χ1n) is 8.61. The highest BCUT2D eigenvalue weighted by atomic mass is 19.4. The molecule has 0 aromatic heterocycles. The highest BCUT2D eigenvalue weighted by Crippen LogP contribution is 2.37. The van der Waals surface area contributed by atoms with Crippen LogP contribution in [0.2, 0.25) is 0 Å². The van der Waals surface area contributed by atoms with Crippen LogP contribution < -0.4 is 16.0 Å². The predicted molar refractivity (Wildman–Crippen MR) is 94.2 cm³/mol. The van der Waals surface area contributed by atoms with Gasteiger partial charge in [0.15, 0.2) is 0 Å². The van der Waals surface area contributed by atoms with Crippen molar-refractivity contribution in [1.29, 1.82) is 0 Å². The number of fused-ring (bicyclic) bond motifs is 1. The molecule has 11 heteroatoms. The standard InChI is InChI=1S/C19H15F6N3O2/c20-13-4-2-10(16(21)22)5-11(13)8-28-15-7-12(19(23,24)25)3-1-9(15)6-14(17(28)29)27-18(26)30/h1-5,7,14,16H,6,8H2,(H3,26,27,30)/t14-/m1/s1. The van der Waals surface area contributed by atoms with Crippen molar-refractivity contribution in [2.45, 2.75) is 31.6 Å². The molecule has 0 fully saturated rings. The molecule has 1 aliphatic heterocycles. The van der Waals surface area contributed by atoms with E-state index >= 15 is 0 Å². The maximum absolute atomic E-state index is 14.2. The number of nitrogens with one attached hydrogen (secondary N) is 1. The number of anilines is 1. The lowest BCUT2D eigenvalue weighted by Gasteiger charge is -2.35. The summed E-state index contributed by atoms with van der Waals surface area (Å²) >= 11 is 0. The fourth-order valence-electron chi connectivity index (χ4n) is 3.25. The molecule has 2 aromatic rings. The number of carbonyl (C=O) groups is 2. The number of urea groups is 1. The SMILES string of the molecule is NC(=O)N[C@@H]1Cc2ccc(C(F)(F)F)cc2N(Cc2cc(C(F)F)ccc2F)C1=O.